The maximum absolute atomic E-state index is 12.6. The van der Waals surface area contributed by atoms with Crippen LogP contribution in [0.5, 0.6) is 11.5 Å². The van der Waals surface area contributed by atoms with Crippen LogP contribution >= 0.6 is 0 Å². The second-order valence-corrected chi connectivity index (χ2v) is 6.13. The average Bonchev–Trinajstić information content (AvgIpc) is 3.16. The van der Waals surface area contributed by atoms with Gasteiger partial charge in [-0.3, -0.25) is 4.79 Å². The lowest BCUT2D eigenvalue weighted by molar-refractivity contribution is 0.0934. The minimum atomic E-state index is -0.128. The Morgan fingerprint density at radius 2 is 1.84 bits per heavy atom. The maximum Gasteiger partial charge on any atom is 0.268 e. The van der Waals surface area contributed by atoms with E-state index < -0.39 is 0 Å². The number of furan rings is 1. The molecule has 0 radical (unpaired) electrons. The molecule has 132 valence electrons. The minimum absolute atomic E-state index is 0.0547. The third-order valence-corrected chi connectivity index (χ3v) is 3.93. The fourth-order valence-electron chi connectivity index (χ4n) is 2.81. The fraction of sp³-hybridized carbons (Fsp3) is 0.316. The molecule has 0 aliphatic heterocycles. The molecule has 0 spiro atoms. The van der Waals surface area contributed by atoms with Crippen LogP contribution in [0.2, 0.25) is 0 Å². The SMILES string of the molecule is COc1cc(Cn2c(C(=O)NC(C)C)cc3occc32)cc(OC)c1. The molecule has 0 aliphatic carbocycles. The van der Waals surface area contributed by atoms with Crippen molar-refractivity contribution in [3.05, 3.63) is 47.9 Å². The van der Waals surface area contributed by atoms with Gasteiger partial charge in [-0.05, 0) is 31.5 Å². The van der Waals surface area contributed by atoms with E-state index in [1.807, 2.05) is 42.7 Å². The third kappa shape index (κ3) is 3.47. The van der Waals surface area contributed by atoms with Crippen molar-refractivity contribution >= 4 is 17.0 Å². The highest BCUT2D eigenvalue weighted by atomic mass is 16.5. The molecular weight excluding hydrogens is 320 g/mol. The van der Waals surface area contributed by atoms with E-state index in [0.717, 1.165) is 11.1 Å². The summed E-state index contributed by atoms with van der Waals surface area (Å²) in [5.41, 5.74) is 3.08. The Morgan fingerprint density at radius 1 is 1.16 bits per heavy atom. The highest BCUT2D eigenvalue weighted by Gasteiger charge is 2.18. The first kappa shape index (κ1) is 17.0. The van der Waals surface area contributed by atoms with Gasteiger partial charge in [0.15, 0.2) is 5.58 Å². The standard InChI is InChI=1S/C19H22N2O4/c1-12(2)20-19(22)17-10-18-16(5-6-25-18)21(17)11-13-7-14(23-3)9-15(8-13)24-4/h5-10,12H,11H2,1-4H3,(H,20,22). The highest BCUT2D eigenvalue weighted by molar-refractivity contribution is 5.97. The molecule has 2 aromatic heterocycles. The van der Waals surface area contributed by atoms with Gasteiger partial charge in [-0.15, -0.1) is 0 Å². The second kappa shape index (κ2) is 6.93. The summed E-state index contributed by atoms with van der Waals surface area (Å²) in [6.45, 7) is 4.36. The van der Waals surface area contributed by atoms with Gasteiger partial charge >= 0.3 is 0 Å². The smallest absolute Gasteiger partial charge is 0.268 e. The summed E-state index contributed by atoms with van der Waals surface area (Å²) >= 11 is 0. The van der Waals surface area contributed by atoms with Gasteiger partial charge in [0.1, 0.15) is 17.2 Å². The molecule has 6 nitrogen and oxygen atoms in total. The molecule has 25 heavy (non-hydrogen) atoms. The number of benzene rings is 1. The lowest BCUT2D eigenvalue weighted by Gasteiger charge is -2.14. The van der Waals surface area contributed by atoms with E-state index in [1.54, 1.807) is 26.5 Å². The number of carbonyl (C=O) groups is 1. The van der Waals surface area contributed by atoms with Crippen molar-refractivity contribution in [2.45, 2.75) is 26.4 Å². The summed E-state index contributed by atoms with van der Waals surface area (Å²) in [6.07, 6.45) is 1.62. The number of hydrogen-bond donors (Lipinski definition) is 1. The van der Waals surface area contributed by atoms with Crippen molar-refractivity contribution in [3.63, 3.8) is 0 Å². The number of amides is 1. The van der Waals surface area contributed by atoms with E-state index in [0.29, 0.717) is 29.3 Å². The zero-order valence-electron chi connectivity index (χ0n) is 14.8. The molecule has 3 aromatic rings. The Kier molecular flexibility index (Phi) is 4.70. The molecule has 0 atom stereocenters. The summed E-state index contributed by atoms with van der Waals surface area (Å²) in [7, 11) is 3.23. The van der Waals surface area contributed by atoms with Gasteiger partial charge in [-0.25, -0.2) is 0 Å². The lowest BCUT2D eigenvalue weighted by Crippen LogP contribution is -2.31. The molecule has 2 heterocycles. The third-order valence-electron chi connectivity index (χ3n) is 3.93. The van der Waals surface area contributed by atoms with E-state index in [-0.39, 0.29) is 11.9 Å². The summed E-state index contributed by atoms with van der Waals surface area (Å²) in [5.74, 6) is 1.28. The monoisotopic (exact) mass is 342 g/mol. The van der Waals surface area contributed by atoms with Crippen molar-refractivity contribution in [1.82, 2.24) is 9.88 Å². The molecule has 3 rings (SSSR count). The topological polar surface area (TPSA) is 65.6 Å². The molecule has 0 fully saturated rings. The van der Waals surface area contributed by atoms with Crippen LogP contribution in [0.25, 0.3) is 11.1 Å². The Labute approximate surface area is 146 Å². The summed E-state index contributed by atoms with van der Waals surface area (Å²) in [5, 5.41) is 2.93. The summed E-state index contributed by atoms with van der Waals surface area (Å²) in [4.78, 5) is 12.6. The molecule has 1 amide bonds. The number of nitrogens with one attached hydrogen (secondary N) is 1. The number of nitrogens with zero attached hydrogens (tertiary/aromatic N) is 1. The zero-order chi connectivity index (χ0) is 18.0. The Morgan fingerprint density at radius 3 is 2.44 bits per heavy atom. The normalized spacial score (nSPS) is 11.1. The first-order chi connectivity index (χ1) is 12.0. The Hall–Kier alpha value is -2.89. The predicted octanol–water partition coefficient (Wildman–Crippen LogP) is 3.44. The average molecular weight is 342 g/mol. The van der Waals surface area contributed by atoms with Crippen molar-refractivity contribution in [2.24, 2.45) is 0 Å². The van der Waals surface area contributed by atoms with E-state index in [1.165, 1.54) is 0 Å². The number of rotatable bonds is 6. The van der Waals surface area contributed by atoms with E-state index >= 15 is 0 Å². The van der Waals surface area contributed by atoms with Crippen molar-refractivity contribution in [2.75, 3.05) is 14.2 Å². The largest absolute Gasteiger partial charge is 0.497 e. The van der Waals surface area contributed by atoms with Gasteiger partial charge in [0.25, 0.3) is 5.91 Å². The molecule has 0 saturated carbocycles. The molecule has 0 unspecified atom stereocenters. The Bertz CT molecular complexity index is 870. The van der Waals surface area contributed by atoms with E-state index in [4.69, 9.17) is 13.9 Å². The lowest BCUT2D eigenvalue weighted by atomic mass is 10.2. The highest BCUT2D eigenvalue weighted by Crippen LogP contribution is 2.26. The molecule has 0 aliphatic rings. The zero-order valence-corrected chi connectivity index (χ0v) is 14.8. The molecule has 0 bridgehead atoms. The quantitative estimate of drug-likeness (QED) is 0.745. The molecule has 6 heteroatoms. The first-order valence-corrected chi connectivity index (χ1v) is 8.11. The van der Waals surface area contributed by atoms with Gasteiger partial charge in [0, 0.05) is 30.8 Å². The van der Waals surface area contributed by atoms with Crippen molar-refractivity contribution in [3.8, 4) is 11.5 Å². The first-order valence-electron chi connectivity index (χ1n) is 8.11. The van der Waals surface area contributed by atoms with Crippen LogP contribution in [0.1, 0.15) is 29.9 Å². The molecular formula is C19H22N2O4. The predicted molar refractivity (Wildman–Crippen MR) is 95.5 cm³/mol. The molecule has 1 N–H and O–H groups in total. The van der Waals surface area contributed by atoms with Crippen LogP contribution in [0, 0.1) is 0 Å². The van der Waals surface area contributed by atoms with Crippen molar-refractivity contribution < 1.29 is 18.7 Å². The van der Waals surface area contributed by atoms with E-state index in [2.05, 4.69) is 5.32 Å². The number of ether oxygens (including phenoxy) is 2. The number of carbonyl (C=O) groups excluding carboxylic acids is 1. The van der Waals surface area contributed by atoms with Crippen LogP contribution in [0.15, 0.2) is 41.0 Å². The van der Waals surface area contributed by atoms with Crippen LogP contribution in [0.3, 0.4) is 0 Å². The number of fused-ring (bicyclic) bond motifs is 1. The molecule has 1 aromatic carbocycles. The van der Waals surface area contributed by atoms with Crippen molar-refractivity contribution in [1.29, 1.82) is 0 Å². The Balaban J connectivity index is 2.03. The summed E-state index contributed by atoms with van der Waals surface area (Å²) < 4.78 is 18.1. The number of methoxy groups -OCH3 is 2. The number of aromatic nitrogens is 1. The fourth-order valence-corrected chi connectivity index (χ4v) is 2.81. The van der Waals surface area contributed by atoms with Gasteiger partial charge in [0.2, 0.25) is 0 Å². The van der Waals surface area contributed by atoms with Gasteiger partial charge < -0.3 is 23.8 Å². The minimum Gasteiger partial charge on any atom is -0.497 e. The van der Waals surface area contributed by atoms with Gasteiger partial charge in [-0.1, -0.05) is 0 Å². The van der Waals surface area contributed by atoms with Crippen LogP contribution < -0.4 is 14.8 Å². The second-order valence-electron chi connectivity index (χ2n) is 6.13. The van der Waals surface area contributed by atoms with Gasteiger partial charge in [-0.2, -0.15) is 0 Å². The van der Waals surface area contributed by atoms with Crippen LogP contribution in [-0.4, -0.2) is 30.7 Å². The molecule has 0 saturated heterocycles. The van der Waals surface area contributed by atoms with Crippen LogP contribution in [-0.2, 0) is 6.54 Å². The number of hydrogen-bond acceptors (Lipinski definition) is 4. The van der Waals surface area contributed by atoms with E-state index in [9.17, 15) is 4.79 Å². The summed E-state index contributed by atoms with van der Waals surface area (Å²) in [6, 6.07) is 9.36. The van der Waals surface area contributed by atoms with Gasteiger partial charge in [0.05, 0.1) is 26.0 Å². The maximum atomic E-state index is 12.6. The van der Waals surface area contributed by atoms with Crippen LogP contribution in [0.4, 0.5) is 0 Å².